The number of ether oxygens (including phenoxy) is 1. The fourth-order valence-electron chi connectivity index (χ4n) is 2.25. The molecule has 1 aromatic carbocycles. The Labute approximate surface area is 122 Å². The molecule has 6 nitrogen and oxygen atoms in total. The lowest BCUT2D eigenvalue weighted by Crippen LogP contribution is -2.47. The van der Waals surface area contributed by atoms with Gasteiger partial charge in [-0.2, -0.15) is 4.31 Å². The van der Waals surface area contributed by atoms with E-state index in [1.54, 1.807) is 6.92 Å². The molecule has 2 rings (SSSR count). The number of halogens is 1. The van der Waals surface area contributed by atoms with Crippen molar-refractivity contribution in [3.8, 4) is 0 Å². The standard InChI is InChI=1S/C13H16FNO5S/c1-8-5-10(6-11(12(8)14)13(16)17)21(18,19)15-3-4-20-7-9(15)2/h5-6,9H,3-4,7H2,1-2H3,(H,16,17)/t9-/m1/s1. The summed E-state index contributed by atoms with van der Waals surface area (Å²) in [6.07, 6.45) is 0. The van der Waals surface area contributed by atoms with Crippen molar-refractivity contribution in [1.29, 1.82) is 0 Å². The fourth-order valence-corrected chi connectivity index (χ4v) is 3.96. The average molecular weight is 317 g/mol. The van der Waals surface area contributed by atoms with Crippen molar-refractivity contribution in [2.75, 3.05) is 19.8 Å². The van der Waals surface area contributed by atoms with E-state index in [-0.39, 0.29) is 36.3 Å². The van der Waals surface area contributed by atoms with Gasteiger partial charge in [-0.25, -0.2) is 17.6 Å². The van der Waals surface area contributed by atoms with E-state index in [1.165, 1.54) is 11.2 Å². The number of carboxylic acids is 1. The summed E-state index contributed by atoms with van der Waals surface area (Å²) < 4.78 is 45.3. The minimum absolute atomic E-state index is 0.0191. The summed E-state index contributed by atoms with van der Waals surface area (Å²) in [5.41, 5.74) is -0.663. The minimum Gasteiger partial charge on any atom is -0.478 e. The highest BCUT2D eigenvalue weighted by Gasteiger charge is 2.32. The van der Waals surface area contributed by atoms with Gasteiger partial charge in [-0.3, -0.25) is 0 Å². The van der Waals surface area contributed by atoms with Crippen molar-refractivity contribution in [1.82, 2.24) is 4.31 Å². The van der Waals surface area contributed by atoms with Crippen molar-refractivity contribution in [3.63, 3.8) is 0 Å². The summed E-state index contributed by atoms with van der Waals surface area (Å²) in [5, 5.41) is 8.97. The number of morpholine rings is 1. The van der Waals surface area contributed by atoms with Crippen LogP contribution < -0.4 is 0 Å². The highest BCUT2D eigenvalue weighted by atomic mass is 32.2. The zero-order chi connectivity index (χ0) is 15.8. The van der Waals surface area contributed by atoms with Crippen LogP contribution in [-0.4, -0.2) is 49.6 Å². The summed E-state index contributed by atoms with van der Waals surface area (Å²) in [4.78, 5) is 10.8. The lowest BCUT2D eigenvalue weighted by Gasteiger charge is -2.32. The first-order chi connectivity index (χ1) is 9.75. The molecule has 1 aliphatic rings. The van der Waals surface area contributed by atoms with Crippen LogP contribution >= 0.6 is 0 Å². The quantitative estimate of drug-likeness (QED) is 0.907. The van der Waals surface area contributed by atoms with Gasteiger partial charge in [0.25, 0.3) is 0 Å². The Morgan fingerprint density at radius 3 is 2.71 bits per heavy atom. The number of rotatable bonds is 3. The van der Waals surface area contributed by atoms with Crippen LogP contribution in [0.25, 0.3) is 0 Å². The fraction of sp³-hybridized carbons (Fsp3) is 0.462. The summed E-state index contributed by atoms with van der Waals surface area (Å²) in [6, 6.07) is 1.66. The summed E-state index contributed by atoms with van der Waals surface area (Å²) in [5.74, 6) is -2.42. The van der Waals surface area contributed by atoms with Crippen LogP contribution in [0.1, 0.15) is 22.8 Å². The average Bonchev–Trinajstić information content (AvgIpc) is 2.41. The summed E-state index contributed by atoms with van der Waals surface area (Å²) in [6.45, 7) is 3.76. The number of aryl methyl sites for hydroxylation is 1. The second kappa shape index (κ2) is 5.70. The van der Waals surface area contributed by atoms with Gasteiger partial charge in [-0.1, -0.05) is 0 Å². The van der Waals surface area contributed by atoms with Gasteiger partial charge in [0.05, 0.1) is 23.7 Å². The number of sulfonamides is 1. The van der Waals surface area contributed by atoms with Gasteiger partial charge in [0.1, 0.15) is 5.82 Å². The van der Waals surface area contributed by atoms with Gasteiger partial charge >= 0.3 is 5.97 Å². The van der Waals surface area contributed by atoms with Crippen molar-refractivity contribution in [2.45, 2.75) is 24.8 Å². The molecule has 1 N–H and O–H groups in total. The first-order valence-electron chi connectivity index (χ1n) is 6.38. The largest absolute Gasteiger partial charge is 0.478 e. The van der Waals surface area contributed by atoms with Crippen LogP contribution in [0.4, 0.5) is 4.39 Å². The van der Waals surface area contributed by atoms with E-state index >= 15 is 0 Å². The van der Waals surface area contributed by atoms with Gasteiger partial charge in [0, 0.05) is 12.6 Å². The van der Waals surface area contributed by atoms with Crippen molar-refractivity contribution < 1.29 is 27.4 Å². The third kappa shape index (κ3) is 2.92. The number of carboxylic acid groups (broad SMARTS) is 1. The van der Waals surface area contributed by atoms with Crippen LogP contribution in [0, 0.1) is 12.7 Å². The first kappa shape index (κ1) is 15.9. The molecule has 1 aliphatic heterocycles. The Morgan fingerprint density at radius 2 is 2.14 bits per heavy atom. The number of hydrogen-bond donors (Lipinski definition) is 1. The number of carbonyl (C=O) groups is 1. The van der Waals surface area contributed by atoms with E-state index in [9.17, 15) is 17.6 Å². The van der Waals surface area contributed by atoms with Crippen LogP contribution in [0.15, 0.2) is 17.0 Å². The maximum Gasteiger partial charge on any atom is 0.338 e. The molecule has 1 fully saturated rings. The SMILES string of the molecule is Cc1cc(S(=O)(=O)N2CCOC[C@H]2C)cc(C(=O)O)c1F. The molecule has 0 saturated carbocycles. The number of nitrogens with zero attached hydrogens (tertiary/aromatic N) is 1. The third-order valence-electron chi connectivity index (χ3n) is 3.37. The molecule has 0 spiro atoms. The number of aromatic carboxylic acids is 1. The predicted molar refractivity (Wildman–Crippen MR) is 72.3 cm³/mol. The lowest BCUT2D eigenvalue weighted by atomic mass is 10.1. The Balaban J connectivity index is 2.52. The first-order valence-corrected chi connectivity index (χ1v) is 7.82. The Kier molecular flexibility index (Phi) is 4.31. The van der Waals surface area contributed by atoms with Gasteiger partial charge in [0.2, 0.25) is 10.0 Å². The van der Waals surface area contributed by atoms with Crippen molar-refractivity contribution in [3.05, 3.63) is 29.1 Å². The predicted octanol–water partition coefficient (Wildman–Crippen LogP) is 1.24. The third-order valence-corrected chi connectivity index (χ3v) is 5.36. The van der Waals surface area contributed by atoms with Crippen LogP contribution in [0.5, 0.6) is 0 Å². The smallest absolute Gasteiger partial charge is 0.338 e. The number of hydrogen-bond acceptors (Lipinski definition) is 4. The van der Waals surface area contributed by atoms with Crippen LogP contribution in [-0.2, 0) is 14.8 Å². The lowest BCUT2D eigenvalue weighted by molar-refractivity contribution is 0.0392. The maximum absolute atomic E-state index is 13.7. The molecular weight excluding hydrogens is 301 g/mol. The molecular formula is C13H16FNO5S. The van der Waals surface area contributed by atoms with Crippen molar-refractivity contribution >= 4 is 16.0 Å². The Hall–Kier alpha value is -1.51. The molecule has 1 heterocycles. The highest BCUT2D eigenvalue weighted by molar-refractivity contribution is 7.89. The molecule has 0 radical (unpaired) electrons. The van der Waals surface area contributed by atoms with E-state index < -0.39 is 27.4 Å². The highest BCUT2D eigenvalue weighted by Crippen LogP contribution is 2.24. The van der Waals surface area contributed by atoms with Gasteiger partial charge in [-0.15, -0.1) is 0 Å². The van der Waals surface area contributed by atoms with E-state index in [1.807, 2.05) is 0 Å². The van der Waals surface area contributed by atoms with E-state index in [4.69, 9.17) is 9.84 Å². The topological polar surface area (TPSA) is 83.9 Å². The molecule has 0 aliphatic carbocycles. The second-order valence-electron chi connectivity index (χ2n) is 4.95. The zero-order valence-corrected chi connectivity index (χ0v) is 12.5. The van der Waals surface area contributed by atoms with E-state index in [0.717, 1.165) is 12.1 Å². The normalized spacial score (nSPS) is 20.4. The van der Waals surface area contributed by atoms with E-state index in [2.05, 4.69) is 0 Å². The minimum atomic E-state index is -3.88. The molecule has 116 valence electrons. The Bertz CT molecular complexity index is 673. The van der Waals surface area contributed by atoms with Crippen molar-refractivity contribution in [2.24, 2.45) is 0 Å². The van der Waals surface area contributed by atoms with Crippen LogP contribution in [0.2, 0.25) is 0 Å². The van der Waals surface area contributed by atoms with Gasteiger partial charge in [-0.05, 0) is 31.5 Å². The van der Waals surface area contributed by atoms with Gasteiger partial charge in [0.15, 0.2) is 0 Å². The molecule has 21 heavy (non-hydrogen) atoms. The second-order valence-corrected chi connectivity index (χ2v) is 6.84. The molecule has 1 aromatic rings. The summed E-state index contributed by atoms with van der Waals surface area (Å²) >= 11 is 0. The number of benzene rings is 1. The molecule has 0 bridgehead atoms. The van der Waals surface area contributed by atoms with Crippen LogP contribution in [0.3, 0.4) is 0 Å². The Morgan fingerprint density at radius 1 is 1.48 bits per heavy atom. The summed E-state index contributed by atoms with van der Waals surface area (Å²) in [7, 11) is -3.88. The molecule has 0 amide bonds. The zero-order valence-electron chi connectivity index (χ0n) is 11.7. The molecule has 1 saturated heterocycles. The molecule has 1 atom stereocenters. The monoisotopic (exact) mass is 317 g/mol. The maximum atomic E-state index is 13.7. The molecule has 8 heteroatoms. The molecule has 0 unspecified atom stereocenters. The van der Waals surface area contributed by atoms with E-state index in [0.29, 0.717) is 0 Å². The molecule has 0 aromatic heterocycles. The van der Waals surface area contributed by atoms with Gasteiger partial charge < -0.3 is 9.84 Å².